The van der Waals surface area contributed by atoms with E-state index in [1.807, 2.05) is 6.07 Å². The Morgan fingerprint density at radius 1 is 0.964 bits per heavy atom. The van der Waals surface area contributed by atoms with Gasteiger partial charge in [0.1, 0.15) is 0 Å². The first-order chi connectivity index (χ1) is 13.6. The number of benzene rings is 2. The van der Waals surface area contributed by atoms with E-state index in [-0.39, 0.29) is 5.91 Å². The number of hydrogen-bond acceptors (Lipinski definition) is 5. The lowest BCUT2D eigenvalue weighted by atomic mass is 10.1. The molecular weight excluding hydrogens is 354 g/mol. The molecule has 0 unspecified atom stereocenters. The molecule has 0 aromatic heterocycles. The fourth-order valence-corrected chi connectivity index (χ4v) is 3.49. The summed E-state index contributed by atoms with van der Waals surface area (Å²) in [6.07, 6.45) is 0. The Morgan fingerprint density at radius 2 is 1.68 bits per heavy atom. The van der Waals surface area contributed by atoms with Crippen molar-refractivity contribution >= 4 is 11.6 Å². The minimum atomic E-state index is -0.0145. The van der Waals surface area contributed by atoms with E-state index in [0.29, 0.717) is 23.7 Å². The van der Waals surface area contributed by atoms with E-state index in [0.717, 1.165) is 32.7 Å². The van der Waals surface area contributed by atoms with Gasteiger partial charge in [0.25, 0.3) is 0 Å². The molecule has 0 spiro atoms. The molecule has 1 aliphatic rings. The predicted octanol–water partition coefficient (Wildman–Crippen LogP) is 2.77. The molecule has 0 bridgehead atoms. The van der Waals surface area contributed by atoms with Gasteiger partial charge in [0.05, 0.1) is 20.8 Å². The lowest BCUT2D eigenvalue weighted by Gasteiger charge is -2.34. The van der Waals surface area contributed by atoms with Crippen LogP contribution in [0.5, 0.6) is 11.5 Å². The van der Waals surface area contributed by atoms with E-state index >= 15 is 0 Å². The molecule has 0 aliphatic carbocycles. The molecule has 1 fully saturated rings. The molecule has 2 aromatic rings. The van der Waals surface area contributed by atoms with Gasteiger partial charge in [-0.1, -0.05) is 29.8 Å². The fraction of sp³-hybridized carbons (Fsp3) is 0.409. The number of hydrogen-bond donors (Lipinski definition) is 1. The Kier molecular flexibility index (Phi) is 6.90. The highest BCUT2D eigenvalue weighted by Gasteiger charge is 2.19. The van der Waals surface area contributed by atoms with Crippen LogP contribution in [-0.4, -0.2) is 62.7 Å². The average Bonchev–Trinajstić information content (AvgIpc) is 2.69. The van der Waals surface area contributed by atoms with Crippen molar-refractivity contribution in [2.24, 2.45) is 0 Å². The van der Waals surface area contributed by atoms with Crippen molar-refractivity contribution in [2.45, 2.75) is 13.5 Å². The number of methoxy groups -OCH3 is 2. The van der Waals surface area contributed by atoms with Gasteiger partial charge in [-0.05, 0) is 24.6 Å². The van der Waals surface area contributed by atoms with E-state index < -0.39 is 0 Å². The molecule has 2 aromatic carbocycles. The van der Waals surface area contributed by atoms with E-state index in [2.05, 4.69) is 46.3 Å². The highest BCUT2D eigenvalue weighted by atomic mass is 16.5. The molecule has 6 nitrogen and oxygen atoms in total. The normalized spacial score (nSPS) is 15.2. The molecule has 0 saturated carbocycles. The molecule has 28 heavy (non-hydrogen) atoms. The van der Waals surface area contributed by atoms with Gasteiger partial charge >= 0.3 is 0 Å². The number of ether oxygens (including phenoxy) is 2. The molecule has 1 N–H and O–H groups in total. The monoisotopic (exact) mass is 383 g/mol. The Balaban J connectivity index is 1.46. The zero-order valence-corrected chi connectivity index (χ0v) is 16.9. The highest BCUT2D eigenvalue weighted by Crippen LogP contribution is 2.29. The number of rotatable bonds is 7. The summed E-state index contributed by atoms with van der Waals surface area (Å²) in [4.78, 5) is 17.0. The van der Waals surface area contributed by atoms with Gasteiger partial charge in [-0.2, -0.15) is 0 Å². The third kappa shape index (κ3) is 5.47. The molecular formula is C22H29N3O3. The average molecular weight is 383 g/mol. The van der Waals surface area contributed by atoms with Crippen molar-refractivity contribution in [2.75, 3.05) is 52.3 Å². The first-order valence-corrected chi connectivity index (χ1v) is 9.59. The lowest BCUT2D eigenvalue weighted by Crippen LogP contribution is -2.48. The Hall–Kier alpha value is -2.57. The summed E-state index contributed by atoms with van der Waals surface area (Å²) in [5, 5.41) is 2.94. The van der Waals surface area contributed by atoms with Gasteiger partial charge in [0.15, 0.2) is 11.5 Å². The maximum Gasteiger partial charge on any atom is 0.238 e. The van der Waals surface area contributed by atoms with Gasteiger partial charge in [-0.25, -0.2) is 0 Å². The van der Waals surface area contributed by atoms with Gasteiger partial charge in [-0.15, -0.1) is 0 Å². The number of piperazine rings is 1. The van der Waals surface area contributed by atoms with Crippen molar-refractivity contribution in [3.05, 3.63) is 53.6 Å². The number of anilines is 1. The number of amides is 1. The standard InChI is InChI=1S/C22H29N3O3/c1-17-5-4-6-18(13-17)15-24-9-11-25(12-10-24)16-22(26)23-19-7-8-20(27-2)21(14-19)28-3/h4-8,13-14H,9-12,15-16H2,1-3H3,(H,23,26). The summed E-state index contributed by atoms with van der Waals surface area (Å²) < 4.78 is 10.5. The molecule has 150 valence electrons. The summed E-state index contributed by atoms with van der Waals surface area (Å²) in [6, 6.07) is 14.0. The van der Waals surface area contributed by atoms with Crippen molar-refractivity contribution < 1.29 is 14.3 Å². The maximum absolute atomic E-state index is 12.4. The van der Waals surface area contributed by atoms with Crippen LogP contribution in [0.4, 0.5) is 5.69 Å². The summed E-state index contributed by atoms with van der Waals surface area (Å²) in [5.74, 6) is 1.23. The van der Waals surface area contributed by atoms with Crippen LogP contribution < -0.4 is 14.8 Å². The van der Waals surface area contributed by atoms with Crippen molar-refractivity contribution in [3.63, 3.8) is 0 Å². The number of carbonyl (C=O) groups is 1. The summed E-state index contributed by atoms with van der Waals surface area (Å²) >= 11 is 0. The van der Waals surface area contributed by atoms with Crippen LogP contribution in [-0.2, 0) is 11.3 Å². The van der Waals surface area contributed by atoms with E-state index in [1.54, 1.807) is 26.4 Å². The van der Waals surface area contributed by atoms with Crippen LogP contribution in [0.1, 0.15) is 11.1 Å². The van der Waals surface area contributed by atoms with E-state index in [9.17, 15) is 4.79 Å². The SMILES string of the molecule is COc1ccc(NC(=O)CN2CCN(Cc3cccc(C)c3)CC2)cc1OC. The number of nitrogens with one attached hydrogen (secondary N) is 1. The zero-order chi connectivity index (χ0) is 19.9. The predicted molar refractivity (Wildman–Crippen MR) is 111 cm³/mol. The van der Waals surface area contributed by atoms with Crippen LogP contribution in [0.3, 0.4) is 0 Å². The van der Waals surface area contributed by atoms with Crippen molar-refractivity contribution in [1.29, 1.82) is 0 Å². The number of carbonyl (C=O) groups excluding carboxylic acids is 1. The first kappa shape index (κ1) is 20.2. The molecule has 6 heteroatoms. The van der Waals surface area contributed by atoms with Crippen molar-refractivity contribution in [3.8, 4) is 11.5 Å². The van der Waals surface area contributed by atoms with Gasteiger partial charge in [0, 0.05) is 44.5 Å². The molecule has 1 heterocycles. The quantitative estimate of drug-likeness (QED) is 0.797. The smallest absolute Gasteiger partial charge is 0.238 e. The first-order valence-electron chi connectivity index (χ1n) is 9.59. The Morgan fingerprint density at radius 3 is 2.36 bits per heavy atom. The van der Waals surface area contributed by atoms with Gasteiger partial charge < -0.3 is 14.8 Å². The number of nitrogens with zero attached hydrogens (tertiary/aromatic N) is 2. The summed E-state index contributed by atoms with van der Waals surface area (Å²) in [5.41, 5.74) is 3.35. The van der Waals surface area contributed by atoms with Crippen LogP contribution >= 0.6 is 0 Å². The fourth-order valence-electron chi connectivity index (χ4n) is 3.49. The third-order valence-corrected chi connectivity index (χ3v) is 4.99. The second-order valence-electron chi connectivity index (χ2n) is 7.16. The largest absolute Gasteiger partial charge is 0.493 e. The second kappa shape index (κ2) is 9.57. The zero-order valence-electron chi connectivity index (χ0n) is 16.9. The van der Waals surface area contributed by atoms with Gasteiger partial charge in [0.2, 0.25) is 5.91 Å². The topological polar surface area (TPSA) is 54.0 Å². The van der Waals surface area contributed by atoms with E-state index in [1.165, 1.54) is 11.1 Å². The van der Waals surface area contributed by atoms with Crippen molar-refractivity contribution in [1.82, 2.24) is 9.80 Å². The summed E-state index contributed by atoms with van der Waals surface area (Å²) in [6.45, 7) is 7.21. The molecule has 0 radical (unpaired) electrons. The van der Waals surface area contributed by atoms with Crippen LogP contribution in [0, 0.1) is 6.92 Å². The number of aryl methyl sites for hydroxylation is 1. The maximum atomic E-state index is 12.4. The van der Waals surface area contributed by atoms with E-state index in [4.69, 9.17) is 9.47 Å². The van der Waals surface area contributed by atoms with Crippen LogP contribution in [0.2, 0.25) is 0 Å². The van der Waals surface area contributed by atoms with Gasteiger partial charge in [-0.3, -0.25) is 14.6 Å². The summed E-state index contributed by atoms with van der Waals surface area (Å²) in [7, 11) is 3.18. The highest BCUT2D eigenvalue weighted by molar-refractivity contribution is 5.92. The molecule has 0 atom stereocenters. The molecule has 3 rings (SSSR count). The van der Waals surface area contributed by atoms with Crippen LogP contribution in [0.15, 0.2) is 42.5 Å². The third-order valence-electron chi connectivity index (χ3n) is 4.99. The molecule has 1 saturated heterocycles. The minimum Gasteiger partial charge on any atom is -0.493 e. The van der Waals surface area contributed by atoms with Crippen LogP contribution in [0.25, 0.3) is 0 Å². The molecule has 1 aliphatic heterocycles. The Labute approximate surface area is 167 Å². The Bertz CT molecular complexity index is 801. The molecule has 1 amide bonds. The lowest BCUT2D eigenvalue weighted by molar-refractivity contribution is -0.117. The second-order valence-corrected chi connectivity index (χ2v) is 7.16. The minimum absolute atomic E-state index is 0.0145.